The van der Waals surface area contributed by atoms with Crippen LogP contribution in [-0.4, -0.2) is 44.3 Å². The van der Waals surface area contributed by atoms with E-state index >= 15 is 0 Å². The first-order valence-corrected chi connectivity index (χ1v) is 11.6. The van der Waals surface area contributed by atoms with E-state index in [4.69, 9.17) is 27.9 Å². The van der Waals surface area contributed by atoms with Crippen molar-refractivity contribution in [1.82, 2.24) is 4.31 Å². The normalized spacial score (nSPS) is 11.6. The molecule has 2 aromatic rings. The van der Waals surface area contributed by atoms with E-state index < -0.39 is 28.5 Å². The smallest absolute Gasteiger partial charge is 0.331 e. The third-order valence-electron chi connectivity index (χ3n) is 4.16. The van der Waals surface area contributed by atoms with Crippen molar-refractivity contribution >= 4 is 56.9 Å². The Kier molecular flexibility index (Phi) is 9.06. The first-order valence-electron chi connectivity index (χ1n) is 9.37. The third-order valence-corrected chi connectivity index (χ3v) is 6.77. The van der Waals surface area contributed by atoms with Crippen LogP contribution in [0, 0.1) is 0 Å². The Bertz CT molecular complexity index is 1080. The van der Waals surface area contributed by atoms with Crippen LogP contribution in [0.2, 0.25) is 10.0 Å². The quantitative estimate of drug-likeness (QED) is 0.424. The van der Waals surface area contributed by atoms with Crippen molar-refractivity contribution in [3.8, 4) is 0 Å². The fourth-order valence-electron chi connectivity index (χ4n) is 2.62. The lowest BCUT2D eigenvalue weighted by Gasteiger charge is -2.19. The Hall–Kier alpha value is -2.39. The average molecular weight is 485 g/mol. The Morgan fingerprint density at radius 1 is 1.10 bits per heavy atom. The zero-order chi connectivity index (χ0) is 23.0. The molecule has 0 fully saturated rings. The maximum atomic E-state index is 12.7. The second kappa shape index (κ2) is 11.3. The van der Waals surface area contributed by atoms with E-state index in [0.717, 1.165) is 0 Å². The molecular weight excluding hydrogens is 463 g/mol. The molecule has 10 heteroatoms. The first-order chi connectivity index (χ1) is 14.7. The fourth-order valence-corrected chi connectivity index (χ4v) is 4.47. The number of anilines is 1. The molecule has 0 radical (unpaired) electrons. The number of esters is 1. The van der Waals surface area contributed by atoms with E-state index in [1.54, 1.807) is 38.1 Å². The minimum atomic E-state index is -3.72. The monoisotopic (exact) mass is 484 g/mol. The zero-order valence-electron chi connectivity index (χ0n) is 17.0. The fraction of sp³-hybridized carbons (Fsp3) is 0.238. The van der Waals surface area contributed by atoms with Crippen molar-refractivity contribution in [1.29, 1.82) is 0 Å². The highest BCUT2D eigenvalue weighted by atomic mass is 35.5. The van der Waals surface area contributed by atoms with Crippen molar-refractivity contribution in [2.24, 2.45) is 0 Å². The molecule has 0 atom stereocenters. The highest BCUT2D eigenvalue weighted by molar-refractivity contribution is 7.89. The highest BCUT2D eigenvalue weighted by Crippen LogP contribution is 2.27. The summed E-state index contributed by atoms with van der Waals surface area (Å²) in [4.78, 5) is 24.0. The zero-order valence-corrected chi connectivity index (χ0v) is 19.3. The standard InChI is InChI=1S/C21H22Cl2N2O5S/c1-3-25(4-2)31(28,29)17-9-10-18(23)19(13-17)24-20(26)14-30-21(27)11-8-15-6-5-7-16(22)12-15/h5-13H,3-4,14H2,1-2H3,(H,24,26)/b11-8+. The Morgan fingerprint density at radius 3 is 2.45 bits per heavy atom. The van der Waals surface area contributed by atoms with Crippen molar-refractivity contribution in [3.63, 3.8) is 0 Å². The molecular formula is C21H22Cl2N2O5S. The van der Waals surface area contributed by atoms with Gasteiger partial charge in [0.25, 0.3) is 5.91 Å². The lowest BCUT2D eigenvalue weighted by molar-refractivity contribution is -0.142. The van der Waals surface area contributed by atoms with E-state index in [1.165, 1.54) is 34.7 Å². The van der Waals surface area contributed by atoms with Crippen molar-refractivity contribution < 1.29 is 22.7 Å². The maximum Gasteiger partial charge on any atom is 0.331 e. The molecule has 1 N–H and O–H groups in total. The number of hydrogen-bond acceptors (Lipinski definition) is 5. The van der Waals surface area contributed by atoms with Crippen LogP contribution in [0.1, 0.15) is 19.4 Å². The molecule has 0 bridgehead atoms. The number of ether oxygens (including phenoxy) is 1. The van der Waals surface area contributed by atoms with Gasteiger partial charge in [-0.25, -0.2) is 13.2 Å². The number of nitrogens with one attached hydrogen (secondary N) is 1. The van der Waals surface area contributed by atoms with Crippen LogP contribution >= 0.6 is 23.2 Å². The molecule has 2 aromatic carbocycles. The molecule has 0 aliphatic carbocycles. The van der Waals surface area contributed by atoms with Gasteiger partial charge < -0.3 is 10.1 Å². The molecule has 0 aliphatic rings. The maximum absolute atomic E-state index is 12.7. The molecule has 0 aromatic heterocycles. The van der Waals surface area contributed by atoms with Gasteiger partial charge in [0.15, 0.2) is 6.61 Å². The van der Waals surface area contributed by atoms with E-state index in [2.05, 4.69) is 5.32 Å². The molecule has 1 amide bonds. The summed E-state index contributed by atoms with van der Waals surface area (Å²) in [7, 11) is -3.72. The largest absolute Gasteiger partial charge is 0.452 e. The molecule has 0 aliphatic heterocycles. The Morgan fingerprint density at radius 2 is 1.81 bits per heavy atom. The molecule has 0 heterocycles. The van der Waals surface area contributed by atoms with Crippen molar-refractivity contribution in [2.45, 2.75) is 18.7 Å². The molecule has 0 saturated heterocycles. The van der Waals surface area contributed by atoms with E-state index in [9.17, 15) is 18.0 Å². The van der Waals surface area contributed by atoms with Crippen molar-refractivity contribution in [2.75, 3.05) is 25.0 Å². The molecule has 0 unspecified atom stereocenters. The summed E-state index contributed by atoms with van der Waals surface area (Å²) >= 11 is 11.9. The lowest BCUT2D eigenvalue weighted by atomic mass is 10.2. The first kappa shape index (κ1) is 24.9. The second-order valence-corrected chi connectivity index (χ2v) is 9.06. The molecule has 0 spiro atoms. The van der Waals surface area contributed by atoms with Gasteiger partial charge in [-0.05, 0) is 42.0 Å². The summed E-state index contributed by atoms with van der Waals surface area (Å²) in [6.45, 7) is 3.51. The van der Waals surface area contributed by atoms with Crippen LogP contribution in [0.5, 0.6) is 0 Å². The number of carbonyl (C=O) groups is 2. The number of amides is 1. The number of halogens is 2. The topological polar surface area (TPSA) is 92.8 Å². The van der Waals surface area contributed by atoms with Gasteiger partial charge in [0, 0.05) is 24.2 Å². The number of hydrogen-bond donors (Lipinski definition) is 1. The summed E-state index contributed by atoms with van der Waals surface area (Å²) in [5, 5.41) is 3.14. The second-order valence-electron chi connectivity index (χ2n) is 6.28. The van der Waals surface area contributed by atoms with E-state index in [1.807, 2.05) is 0 Å². The van der Waals surface area contributed by atoms with Gasteiger partial charge in [0.1, 0.15) is 0 Å². The van der Waals surface area contributed by atoms with Crippen LogP contribution in [0.25, 0.3) is 6.08 Å². The van der Waals surface area contributed by atoms with Gasteiger partial charge >= 0.3 is 5.97 Å². The van der Waals surface area contributed by atoms with Crippen LogP contribution in [-0.2, 0) is 24.3 Å². The number of sulfonamides is 1. The molecule has 0 saturated carbocycles. The number of benzene rings is 2. The summed E-state index contributed by atoms with van der Waals surface area (Å²) in [5.74, 6) is -1.39. The molecule has 2 rings (SSSR count). The van der Waals surface area contributed by atoms with Gasteiger partial charge in [0.05, 0.1) is 15.6 Å². The third kappa shape index (κ3) is 7.07. The summed E-state index contributed by atoms with van der Waals surface area (Å²) in [6.07, 6.45) is 2.67. The SMILES string of the molecule is CCN(CC)S(=O)(=O)c1ccc(Cl)c(NC(=O)COC(=O)/C=C/c2cccc(Cl)c2)c1. The van der Waals surface area contributed by atoms with E-state index in [-0.39, 0.29) is 15.6 Å². The van der Waals surface area contributed by atoms with Gasteiger partial charge in [-0.2, -0.15) is 4.31 Å². The minimum Gasteiger partial charge on any atom is -0.452 e. The van der Waals surface area contributed by atoms with Gasteiger partial charge in [-0.15, -0.1) is 0 Å². The summed E-state index contributed by atoms with van der Waals surface area (Å²) < 4.78 is 31.5. The van der Waals surface area contributed by atoms with Gasteiger partial charge in [-0.3, -0.25) is 4.79 Å². The van der Waals surface area contributed by atoms with Gasteiger partial charge in [-0.1, -0.05) is 49.2 Å². The van der Waals surface area contributed by atoms with E-state index in [0.29, 0.717) is 23.7 Å². The van der Waals surface area contributed by atoms with Crippen LogP contribution in [0.3, 0.4) is 0 Å². The molecule has 7 nitrogen and oxygen atoms in total. The Balaban J connectivity index is 2.01. The molecule has 166 valence electrons. The van der Waals surface area contributed by atoms with Crippen LogP contribution in [0.4, 0.5) is 5.69 Å². The predicted octanol–water partition coefficient (Wildman–Crippen LogP) is 4.22. The summed E-state index contributed by atoms with van der Waals surface area (Å²) in [6, 6.07) is 10.9. The van der Waals surface area contributed by atoms with Crippen molar-refractivity contribution in [3.05, 3.63) is 64.1 Å². The number of rotatable bonds is 9. The summed E-state index contributed by atoms with van der Waals surface area (Å²) in [5.41, 5.74) is 0.803. The van der Waals surface area contributed by atoms with Gasteiger partial charge in [0.2, 0.25) is 10.0 Å². The lowest BCUT2D eigenvalue weighted by Crippen LogP contribution is -2.30. The average Bonchev–Trinajstić information content (AvgIpc) is 2.73. The predicted molar refractivity (Wildman–Crippen MR) is 122 cm³/mol. The highest BCUT2D eigenvalue weighted by Gasteiger charge is 2.23. The minimum absolute atomic E-state index is 0.00245. The number of nitrogens with zero attached hydrogens (tertiary/aromatic N) is 1. The molecule has 31 heavy (non-hydrogen) atoms. The Labute approximate surface area is 191 Å². The van der Waals surface area contributed by atoms with Crippen LogP contribution < -0.4 is 5.32 Å². The van der Waals surface area contributed by atoms with Crippen LogP contribution in [0.15, 0.2) is 53.4 Å². The number of carbonyl (C=O) groups excluding carboxylic acids is 2.